The first kappa shape index (κ1) is 22.0. The second-order valence-electron chi connectivity index (χ2n) is 8.61. The Bertz CT molecular complexity index is 1450. The van der Waals surface area contributed by atoms with Crippen LogP contribution in [-0.2, 0) is 18.4 Å². The molecule has 0 aliphatic heterocycles. The van der Waals surface area contributed by atoms with Gasteiger partial charge in [-0.2, -0.15) is 18.3 Å². The van der Waals surface area contributed by atoms with Crippen LogP contribution in [0.1, 0.15) is 12.8 Å². The van der Waals surface area contributed by atoms with Crippen molar-refractivity contribution in [3.05, 3.63) is 65.2 Å². The van der Waals surface area contributed by atoms with Crippen LogP contribution in [0.3, 0.4) is 0 Å². The van der Waals surface area contributed by atoms with Crippen LogP contribution in [0.5, 0.6) is 0 Å². The van der Waals surface area contributed by atoms with E-state index in [2.05, 4.69) is 15.7 Å². The second-order valence-corrected chi connectivity index (χ2v) is 8.61. The topological polar surface area (TPSA) is 81.0 Å². The first-order valence-corrected chi connectivity index (χ1v) is 10.9. The Morgan fingerprint density at radius 3 is 2.71 bits per heavy atom. The van der Waals surface area contributed by atoms with Gasteiger partial charge in [-0.1, -0.05) is 12.1 Å². The molecule has 1 aliphatic rings. The van der Waals surface area contributed by atoms with Gasteiger partial charge in [-0.05, 0) is 54.5 Å². The highest BCUT2D eigenvalue weighted by Gasteiger charge is 2.49. The maximum Gasteiger partial charge on any atom is 0.408 e. The SMILES string of the molecule is Cn1ncc2cc(Nc3cccc4ccn(CC(=O)NC(C5CC5)C(F)(F)F)c(=O)c34)ccc21. The number of hydrogen-bond donors (Lipinski definition) is 2. The number of pyridine rings is 1. The molecule has 34 heavy (non-hydrogen) atoms. The first-order chi connectivity index (χ1) is 16.2. The van der Waals surface area contributed by atoms with Crippen molar-refractivity contribution < 1.29 is 18.0 Å². The molecule has 0 bridgehead atoms. The van der Waals surface area contributed by atoms with Gasteiger partial charge in [-0.15, -0.1) is 0 Å². The molecule has 1 saturated carbocycles. The van der Waals surface area contributed by atoms with Crippen LogP contribution in [0, 0.1) is 5.92 Å². The fourth-order valence-corrected chi connectivity index (χ4v) is 4.23. The molecule has 1 atom stereocenters. The van der Waals surface area contributed by atoms with Crippen molar-refractivity contribution in [1.82, 2.24) is 19.7 Å². The predicted octanol–water partition coefficient (Wildman–Crippen LogP) is 4.09. The van der Waals surface area contributed by atoms with Gasteiger partial charge in [-0.25, -0.2) is 0 Å². The number of hydrogen-bond acceptors (Lipinski definition) is 4. The summed E-state index contributed by atoms with van der Waals surface area (Å²) >= 11 is 0. The zero-order valence-corrected chi connectivity index (χ0v) is 18.3. The lowest BCUT2D eigenvalue weighted by Gasteiger charge is -2.21. The third kappa shape index (κ3) is 4.23. The molecule has 1 unspecified atom stereocenters. The fraction of sp³-hybridized carbons (Fsp3) is 0.292. The normalized spacial score (nSPS) is 14.9. The van der Waals surface area contributed by atoms with Crippen LogP contribution in [0.2, 0.25) is 0 Å². The average Bonchev–Trinajstić information content (AvgIpc) is 3.56. The van der Waals surface area contributed by atoms with Crippen LogP contribution < -0.4 is 16.2 Å². The minimum atomic E-state index is -4.52. The molecule has 2 aromatic heterocycles. The molecule has 176 valence electrons. The second kappa shape index (κ2) is 8.19. The third-order valence-electron chi connectivity index (χ3n) is 6.11. The summed E-state index contributed by atoms with van der Waals surface area (Å²) in [4.78, 5) is 25.6. The van der Waals surface area contributed by atoms with Gasteiger partial charge in [0.05, 0.1) is 22.8 Å². The van der Waals surface area contributed by atoms with E-state index in [1.165, 1.54) is 6.20 Å². The molecule has 1 amide bonds. The van der Waals surface area contributed by atoms with E-state index in [1.807, 2.05) is 25.2 Å². The molecule has 2 heterocycles. The molecule has 1 aliphatic carbocycles. The van der Waals surface area contributed by atoms with Gasteiger partial charge in [0.1, 0.15) is 12.6 Å². The van der Waals surface area contributed by atoms with Crippen molar-refractivity contribution >= 4 is 39.0 Å². The van der Waals surface area contributed by atoms with E-state index in [0.29, 0.717) is 29.3 Å². The van der Waals surface area contributed by atoms with Crippen molar-refractivity contribution in [3.63, 3.8) is 0 Å². The summed E-state index contributed by atoms with van der Waals surface area (Å²) in [5, 5.41) is 11.5. The minimum absolute atomic E-state index is 0.346. The van der Waals surface area contributed by atoms with Crippen LogP contribution in [0.25, 0.3) is 21.7 Å². The van der Waals surface area contributed by atoms with Gasteiger partial charge in [0.25, 0.3) is 5.56 Å². The van der Waals surface area contributed by atoms with Gasteiger partial charge in [-0.3, -0.25) is 14.3 Å². The number of nitrogens with one attached hydrogen (secondary N) is 2. The molecule has 0 radical (unpaired) electrons. The summed E-state index contributed by atoms with van der Waals surface area (Å²) in [7, 11) is 1.85. The molecule has 1 fully saturated rings. The lowest BCUT2D eigenvalue weighted by molar-refractivity contribution is -0.166. The number of anilines is 2. The Hall–Kier alpha value is -3.82. The summed E-state index contributed by atoms with van der Waals surface area (Å²) < 4.78 is 42.7. The Morgan fingerprint density at radius 1 is 1.18 bits per heavy atom. The maximum atomic E-state index is 13.3. The Labute approximate surface area is 192 Å². The van der Waals surface area contributed by atoms with Gasteiger partial charge >= 0.3 is 6.18 Å². The summed E-state index contributed by atoms with van der Waals surface area (Å²) in [6.45, 7) is -0.496. The standard InChI is InChI=1S/C24H22F3N5O2/c1-31-19-8-7-17(11-16(19)12-28-31)29-18-4-2-3-14-9-10-32(23(34)21(14)18)13-20(33)30-22(15-5-6-15)24(25,26)27/h2-4,7-12,15,22,29H,5-6,13H2,1H3,(H,30,33). The van der Waals surface area contributed by atoms with E-state index in [4.69, 9.17) is 0 Å². The van der Waals surface area contributed by atoms with Gasteiger partial charge in [0.2, 0.25) is 5.91 Å². The van der Waals surface area contributed by atoms with Crippen molar-refractivity contribution in [2.24, 2.45) is 13.0 Å². The van der Waals surface area contributed by atoms with E-state index >= 15 is 0 Å². The molecule has 2 aromatic carbocycles. The molecule has 0 saturated heterocycles. The highest BCUT2D eigenvalue weighted by atomic mass is 19.4. The summed E-state index contributed by atoms with van der Waals surface area (Å²) in [5.41, 5.74) is 1.78. The molecule has 5 rings (SSSR count). The maximum absolute atomic E-state index is 13.3. The minimum Gasteiger partial charge on any atom is -0.355 e. The van der Waals surface area contributed by atoms with E-state index < -0.39 is 36.1 Å². The summed E-state index contributed by atoms with van der Waals surface area (Å²) in [5.74, 6) is -1.44. The smallest absolute Gasteiger partial charge is 0.355 e. The molecule has 0 spiro atoms. The Morgan fingerprint density at radius 2 is 1.97 bits per heavy atom. The molecule has 4 aromatic rings. The van der Waals surface area contributed by atoms with Gasteiger partial charge in [0, 0.05) is 24.3 Å². The number of nitrogens with zero attached hydrogens (tertiary/aromatic N) is 3. The van der Waals surface area contributed by atoms with Crippen LogP contribution >= 0.6 is 0 Å². The number of carbonyl (C=O) groups is 1. The average molecular weight is 469 g/mol. The van der Waals surface area contributed by atoms with E-state index in [1.54, 1.807) is 35.1 Å². The number of rotatable bonds is 6. The summed E-state index contributed by atoms with van der Waals surface area (Å²) in [6.07, 6.45) is -0.487. The Kier molecular flexibility index (Phi) is 5.30. The molecule has 2 N–H and O–H groups in total. The lowest BCUT2D eigenvalue weighted by Crippen LogP contribution is -2.48. The van der Waals surface area contributed by atoms with E-state index in [-0.39, 0.29) is 0 Å². The number of amides is 1. The summed E-state index contributed by atoms with van der Waals surface area (Å²) in [6, 6.07) is 10.8. The predicted molar refractivity (Wildman–Crippen MR) is 123 cm³/mol. The van der Waals surface area contributed by atoms with Gasteiger partial charge in [0.15, 0.2) is 0 Å². The van der Waals surface area contributed by atoms with Crippen LogP contribution in [0.15, 0.2) is 59.7 Å². The number of aryl methyl sites for hydroxylation is 1. The molecular weight excluding hydrogens is 447 g/mol. The quantitative estimate of drug-likeness (QED) is 0.446. The number of benzene rings is 2. The van der Waals surface area contributed by atoms with Crippen LogP contribution in [0.4, 0.5) is 24.5 Å². The van der Waals surface area contributed by atoms with Crippen molar-refractivity contribution in [2.45, 2.75) is 31.6 Å². The number of fused-ring (bicyclic) bond motifs is 2. The number of carbonyl (C=O) groups excluding carboxylic acids is 1. The molecular formula is C24H22F3N5O2. The number of halogens is 3. The highest BCUT2D eigenvalue weighted by Crippen LogP contribution is 2.40. The van der Waals surface area contributed by atoms with Crippen molar-refractivity contribution in [1.29, 1.82) is 0 Å². The first-order valence-electron chi connectivity index (χ1n) is 10.9. The monoisotopic (exact) mass is 469 g/mol. The molecule has 7 nitrogen and oxygen atoms in total. The lowest BCUT2D eigenvalue weighted by atomic mass is 10.1. The zero-order valence-electron chi connectivity index (χ0n) is 18.3. The van der Waals surface area contributed by atoms with E-state index in [9.17, 15) is 22.8 Å². The largest absolute Gasteiger partial charge is 0.408 e. The third-order valence-corrected chi connectivity index (χ3v) is 6.11. The zero-order chi connectivity index (χ0) is 24.0. The number of aromatic nitrogens is 3. The Balaban J connectivity index is 1.43. The van der Waals surface area contributed by atoms with E-state index in [0.717, 1.165) is 21.2 Å². The fourth-order valence-electron chi connectivity index (χ4n) is 4.23. The number of alkyl halides is 3. The molecule has 10 heteroatoms. The van der Waals surface area contributed by atoms with Gasteiger partial charge < -0.3 is 15.2 Å². The van der Waals surface area contributed by atoms with Crippen molar-refractivity contribution in [2.75, 3.05) is 5.32 Å². The van der Waals surface area contributed by atoms with Crippen molar-refractivity contribution in [3.8, 4) is 0 Å². The van der Waals surface area contributed by atoms with Crippen LogP contribution in [-0.4, -0.2) is 32.5 Å². The highest BCUT2D eigenvalue weighted by molar-refractivity contribution is 5.95.